The van der Waals surface area contributed by atoms with E-state index in [0.29, 0.717) is 13.2 Å². The van der Waals surface area contributed by atoms with Gasteiger partial charge in [0.25, 0.3) is 0 Å². The van der Waals surface area contributed by atoms with Crippen molar-refractivity contribution in [3.63, 3.8) is 0 Å². The molecule has 1 N–H and O–H groups in total. The minimum atomic E-state index is 0.375. The molecular weight excluding hydrogens is 252 g/mol. The van der Waals surface area contributed by atoms with Crippen molar-refractivity contribution in [3.8, 4) is 0 Å². The maximum Gasteiger partial charge on any atom is 0.0814 e. The summed E-state index contributed by atoms with van der Waals surface area (Å²) in [6.07, 6.45) is 3.56. The van der Waals surface area contributed by atoms with Gasteiger partial charge >= 0.3 is 0 Å². The van der Waals surface area contributed by atoms with Gasteiger partial charge in [-0.15, -0.1) is 0 Å². The highest BCUT2D eigenvalue weighted by atomic mass is 16.5. The first-order chi connectivity index (χ1) is 9.81. The van der Waals surface area contributed by atoms with Gasteiger partial charge in [-0.05, 0) is 36.8 Å². The molecule has 0 amide bonds. The fourth-order valence-electron chi connectivity index (χ4n) is 2.71. The summed E-state index contributed by atoms with van der Waals surface area (Å²) in [5, 5.41) is 4.23. The molecule has 0 aliphatic carbocycles. The maximum atomic E-state index is 10.2. The number of aromatic amines is 1. The molecule has 0 saturated carbocycles. The lowest BCUT2D eigenvalue weighted by molar-refractivity contribution is 0.202. The quantitative estimate of drug-likeness (QED) is 0.590. The molecule has 0 aliphatic rings. The maximum absolute atomic E-state index is 10.2. The fraction of sp³-hybridized carbons (Fsp3) is 0.500. The molecular formula is C16H22N2O2. The Bertz CT molecular complexity index is 575. The third-order valence-electron chi connectivity index (χ3n) is 3.73. The first-order valence-corrected chi connectivity index (χ1v) is 7.21. The fourth-order valence-corrected chi connectivity index (χ4v) is 2.71. The van der Waals surface area contributed by atoms with Gasteiger partial charge in [-0.2, -0.15) is 4.91 Å². The third-order valence-corrected chi connectivity index (χ3v) is 3.73. The highest BCUT2D eigenvalue weighted by Gasteiger charge is 2.12. The summed E-state index contributed by atoms with van der Waals surface area (Å²) in [4.78, 5) is 13.8. The summed E-state index contributed by atoms with van der Waals surface area (Å²) in [6.45, 7) is 3.25. The number of para-hydroxylation sites is 1. The number of aromatic nitrogens is 1. The average molecular weight is 274 g/mol. The minimum Gasteiger partial charge on any atom is -0.384 e. The molecule has 1 aromatic heterocycles. The second-order valence-corrected chi connectivity index (χ2v) is 4.97. The summed E-state index contributed by atoms with van der Waals surface area (Å²) >= 11 is 0. The Morgan fingerprint density at radius 2 is 2.15 bits per heavy atom. The summed E-state index contributed by atoms with van der Waals surface area (Å²) < 4.78 is 5.22. The van der Waals surface area contributed by atoms with Crippen LogP contribution < -0.4 is 0 Å². The number of rotatable bonds is 8. The topological polar surface area (TPSA) is 54.4 Å². The number of nitrogens with zero attached hydrogens (tertiary/aromatic N) is 1. The summed E-state index contributed by atoms with van der Waals surface area (Å²) in [5.74, 6) is 0. The number of ether oxygens (including phenoxy) is 1. The van der Waals surface area contributed by atoms with Gasteiger partial charge in [0.15, 0.2) is 0 Å². The van der Waals surface area contributed by atoms with E-state index in [9.17, 15) is 4.91 Å². The van der Waals surface area contributed by atoms with E-state index in [1.165, 1.54) is 27.7 Å². The first kappa shape index (κ1) is 14.7. The molecule has 0 aliphatic heterocycles. The predicted octanol–water partition coefficient (Wildman–Crippen LogP) is 3.62. The van der Waals surface area contributed by atoms with Crippen molar-refractivity contribution in [2.45, 2.75) is 32.6 Å². The van der Waals surface area contributed by atoms with Crippen LogP contribution in [0.5, 0.6) is 0 Å². The molecule has 0 spiro atoms. The molecule has 2 rings (SSSR count). The van der Waals surface area contributed by atoms with Crippen molar-refractivity contribution >= 4 is 10.9 Å². The van der Waals surface area contributed by atoms with Crippen molar-refractivity contribution in [2.75, 3.05) is 20.3 Å². The highest BCUT2D eigenvalue weighted by Crippen LogP contribution is 2.27. The van der Waals surface area contributed by atoms with E-state index in [1.807, 2.05) is 0 Å². The van der Waals surface area contributed by atoms with Gasteiger partial charge in [-0.3, -0.25) is 0 Å². The van der Waals surface area contributed by atoms with Crippen molar-refractivity contribution in [1.29, 1.82) is 0 Å². The predicted molar refractivity (Wildman–Crippen MR) is 82.2 cm³/mol. The van der Waals surface area contributed by atoms with Crippen LogP contribution in [0.3, 0.4) is 0 Å². The van der Waals surface area contributed by atoms with E-state index in [1.54, 1.807) is 7.11 Å². The second-order valence-electron chi connectivity index (χ2n) is 4.97. The van der Waals surface area contributed by atoms with Crippen LogP contribution in [-0.4, -0.2) is 25.2 Å². The number of methoxy groups -OCH3 is 1. The Kier molecular flexibility index (Phi) is 5.30. The Morgan fingerprint density at radius 1 is 1.30 bits per heavy atom. The van der Waals surface area contributed by atoms with E-state index in [4.69, 9.17) is 4.74 Å². The van der Waals surface area contributed by atoms with Crippen LogP contribution in [-0.2, 0) is 24.0 Å². The monoisotopic (exact) mass is 274 g/mol. The van der Waals surface area contributed by atoms with Crippen LogP contribution >= 0.6 is 0 Å². The zero-order valence-corrected chi connectivity index (χ0v) is 12.2. The van der Waals surface area contributed by atoms with Gasteiger partial charge in [0.2, 0.25) is 0 Å². The molecule has 0 fully saturated rings. The van der Waals surface area contributed by atoms with Crippen LogP contribution in [0, 0.1) is 4.91 Å². The minimum absolute atomic E-state index is 0.375. The summed E-state index contributed by atoms with van der Waals surface area (Å²) in [5.41, 5.74) is 5.11. The zero-order chi connectivity index (χ0) is 14.4. The Morgan fingerprint density at radius 3 is 2.85 bits per heavy atom. The third kappa shape index (κ3) is 3.07. The first-order valence-electron chi connectivity index (χ1n) is 7.21. The van der Waals surface area contributed by atoms with Crippen LogP contribution in [0.25, 0.3) is 10.9 Å². The molecule has 0 bridgehead atoms. The molecule has 4 nitrogen and oxygen atoms in total. The Hall–Kier alpha value is -1.68. The molecule has 0 unspecified atom stereocenters. The molecule has 0 radical (unpaired) electrons. The van der Waals surface area contributed by atoms with Gasteiger partial charge in [0.1, 0.15) is 0 Å². The number of nitrogens with one attached hydrogen (secondary N) is 1. The number of aryl methyl sites for hydroxylation is 2. The van der Waals surface area contributed by atoms with Crippen molar-refractivity contribution < 1.29 is 4.74 Å². The molecule has 1 heterocycles. The number of benzene rings is 1. The number of hydrogen-bond acceptors (Lipinski definition) is 3. The van der Waals surface area contributed by atoms with Crippen LogP contribution in [0.1, 0.15) is 30.2 Å². The normalized spacial score (nSPS) is 11.1. The molecule has 20 heavy (non-hydrogen) atoms. The van der Waals surface area contributed by atoms with Gasteiger partial charge in [-0.1, -0.05) is 30.3 Å². The van der Waals surface area contributed by atoms with E-state index < -0.39 is 0 Å². The lowest BCUT2D eigenvalue weighted by Crippen LogP contribution is -1.99. The van der Waals surface area contributed by atoms with E-state index in [-0.39, 0.29) is 0 Å². The van der Waals surface area contributed by atoms with Crippen molar-refractivity contribution in [3.05, 3.63) is 39.9 Å². The van der Waals surface area contributed by atoms with Crippen molar-refractivity contribution in [1.82, 2.24) is 4.98 Å². The lowest BCUT2D eigenvalue weighted by atomic mass is 10.0. The van der Waals surface area contributed by atoms with Gasteiger partial charge in [0, 0.05) is 23.7 Å². The smallest absolute Gasteiger partial charge is 0.0814 e. The number of H-pyrrole nitrogens is 1. The molecule has 108 valence electrons. The number of hydrogen-bond donors (Lipinski definition) is 1. The van der Waals surface area contributed by atoms with Crippen LogP contribution in [0.2, 0.25) is 0 Å². The molecule has 4 heteroatoms. The van der Waals surface area contributed by atoms with Gasteiger partial charge in [-0.25, -0.2) is 0 Å². The van der Waals surface area contributed by atoms with Crippen LogP contribution in [0.15, 0.2) is 23.4 Å². The van der Waals surface area contributed by atoms with E-state index >= 15 is 0 Å². The van der Waals surface area contributed by atoms with Crippen molar-refractivity contribution in [2.24, 2.45) is 5.18 Å². The summed E-state index contributed by atoms with van der Waals surface area (Å²) in [7, 11) is 1.72. The highest BCUT2D eigenvalue weighted by molar-refractivity contribution is 5.87. The standard InChI is InChI=1S/C16H22N2O2/c1-3-12-6-4-7-14-13(9-11-20-2)15(18-16(12)14)8-5-10-17-19/h4,6-7,18H,3,5,8-11H2,1-2H3. The van der Waals surface area contributed by atoms with Crippen LogP contribution in [0.4, 0.5) is 0 Å². The molecule has 1 aromatic carbocycles. The Balaban J connectivity index is 2.39. The number of nitroso groups, excluding NO2 is 1. The van der Waals surface area contributed by atoms with E-state index in [2.05, 4.69) is 35.3 Å². The second kappa shape index (κ2) is 7.20. The van der Waals surface area contributed by atoms with Gasteiger partial charge < -0.3 is 9.72 Å². The lowest BCUT2D eigenvalue weighted by Gasteiger charge is -2.03. The zero-order valence-electron chi connectivity index (χ0n) is 12.2. The molecule has 0 saturated heterocycles. The van der Waals surface area contributed by atoms with Gasteiger partial charge in [0.05, 0.1) is 13.2 Å². The number of fused-ring (bicyclic) bond motifs is 1. The SMILES string of the molecule is CCc1cccc2c(CCOC)c(CCCN=O)[nH]c12. The van der Waals surface area contributed by atoms with E-state index in [0.717, 1.165) is 25.7 Å². The molecule has 0 atom stereocenters. The average Bonchev–Trinajstić information content (AvgIpc) is 2.83. The largest absolute Gasteiger partial charge is 0.384 e. The summed E-state index contributed by atoms with van der Waals surface area (Å²) in [6, 6.07) is 6.44. The Labute approximate surface area is 119 Å². The molecule has 2 aromatic rings.